The molecule has 0 aromatic heterocycles. The molecule has 0 aliphatic heterocycles. The summed E-state index contributed by atoms with van der Waals surface area (Å²) < 4.78 is 50.1. The van der Waals surface area contributed by atoms with Crippen LogP contribution in [0.2, 0.25) is 25.7 Å². The molecule has 0 aliphatic rings. The van der Waals surface area contributed by atoms with Gasteiger partial charge in [0.25, 0.3) is 0 Å². The van der Waals surface area contributed by atoms with Crippen LogP contribution in [0.3, 0.4) is 0 Å². The van der Waals surface area contributed by atoms with Crippen molar-refractivity contribution in [3.05, 3.63) is 100 Å². The van der Waals surface area contributed by atoms with Crippen molar-refractivity contribution in [1.82, 2.24) is 0 Å². The first-order valence-electron chi connectivity index (χ1n) is 7.95. The van der Waals surface area contributed by atoms with Crippen molar-refractivity contribution in [2.45, 2.75) is 32.1 Å². The zero-order valence-corrected chi connectivity index (χ0v) is 21.7. The summed E-state index contributed by atoms with van der Waals surface area (Å²) in [6.45, 7) is 38.1. The maximum absolute atomic E-state index is 11.6. The van der Waals surface area contributed by atoms with Gasteiger partial charge in [-0.25, -0.2) is 4.79 Å². The van der Waals surface area contributed by atoms with E-state index < -0.39 is 8.07 Å². The summed E-state index contributed by atoms with van der Waals surface area (Å²) in [7, 11) is -1.10. The van der Waals surface area contributed by atoms with Gasteiger partial charge in [-0.15, -0.1) is 0 Å². The third-order valence-electron chi connectivity index (χ3n) is 2.53. The molecule has 0 unspecified atom stereocenters. The molecule has 0 aliphatic carbocycles. The summed E-state index contributed by atoms with van der Waals surface area (Å²) in [4.78, 5) is 11.6. The molecule has 0 atom stereocenters. The van der Waals surface area contributed by atoms with Gasteiger partial charge in [-0.05, 0) is 30.7 Å². The Bertz CT molecular complexity index is 682. The SMILES string of the molecule is C=C(C[C]=[C]COC(=O)c1ccccc1)C[Si](C)(C)C.[C-]#[O+].[C-]#[O+].[C-]#[O+].[C-]#[O+].[C-]#[O+].[C-]#[O+].[Co].[Co]. The molecule has 1 aromatic rings. The monoisotopic (exact) mass is 572 g/mol. The number of allylic oxidation sites excluding steroid dienone is 2. The fourth-order valence-corrected chi connectivity index (χ4v) is 3.44. The van der Waals surface area contributed by atoms with Gasteiger partial charge in [0, 0.05) is 47.7 Å². The average Bonchev–Trinajstić information content (AvgIpc) is 2.86. The largest absolute Gasteiger partial charge is 0 e. The molecule has 0 bridgehead atoms. The minimum absolute atomic E-state index is 0. The van der Waals surface area contributed by atoms with Gasteiger partial charge in [0.2, 0.25) is 0 Å². The summed E-state index contributed by atoms with van der Waals surface area (Å²) in [6, 6.07) is 10.0. The van der Waals surface area contributed by atoms with Gasteiger partial charge >= 0.3 is 73.8 Å². The third kappa shape index (κ3) is 47.6. The molecule has 0 saturated carbocycles. The summed E-state index contributed by atoms with van der Waals surface area (Å²) in [5.74, 6) is -0.333. The molecule has 0 N–H and O–H groups in total. The Labute approximate surface area is 223 Å². The molecule has 0 saturated heterocycles. The van der Waals surface area contributed by atoms with E-state index in [0.29, 0.717) is 12.0 Å². The number of esters is 1. The van der Waals surface area contributed by atoms with Crippen LogP contribution in [0.5, 0.6) is 0 Å². The molecule has 0 fully saturated rings. The van der Waals surface area contributed by atoms with E-state index in [1.807, 2.05) is 18.2 Å². The van der Waals surface area contributed by atoms with Crippen LogP contribution in [0, 0.1) is 52.1 Å². The van der Waals surface area contributed by atoms with Gasteiger partial charge < -0.3 is 4.74 Å². The fraction of sp³-hybridized carbons (Fsp3) is 0.261. The average molecular weight is 572 g/mol. The summed E-state index contributed by atoms with van der Waals surface area (Å²) >= 11 is 0. The van der Waals surface area contributed by atoms with Crippen LogP contribution in [0.15, 0.2) is 42.5 Å². The Kier molecular flexibility index (Phi) is 75.7. The van der Waals surface area contributed by atoms with Crippen molar-refractivity contribution in [2.24, 2.45) is 0 Å². The van der Waals surface area contributed by atoms with Crippen molar-refractivity contribution in [3.63, 3.8) is 0 Å². The second kappa shape index (κ2) is 48.3. The third-order valence-corrected chi connectivity index (χ3v) is 4.09. The van der Waals surface area contributed by atoms with Crippen LogP contribution < -0.4 is 0 Å². The van der Waals surface area contributed by atoms with Crippen molar-refractivity contribution >= 4 is 14.0 Å². The Morgan fingerprint density at radius 1 is 0.824 bits per heavy atom. The quantitative estimate of drug-likeness (QED) is 0.160. The maximum atomic E-state index is 11.6. The van der Waals surface area contributed by atoms with Crippen LogP contribution in [0.4, 0.5) is 0 Å². The Morgan fingerprint density at radius 2 is 1.21 bits per heavy atom. The summed E-state index contributed by atoms with van der Waals surface area (Å²) in [5.41, 5.74) is 1.73. The first-order chi connectivity index (χ1) is 15.4. The van der Waals surface area contributed by atoms with E-state index >= 15 is 0 Å². The minimum atomic E-state index is -1.10. The van der Waals surface area contributed by atoms with E-state index in [2.05, 4.69) is 78.3 Å². The van der Waals surface area contributed by atoms with E-state index in [-0.39, 0.29) is 46.1 Å². The van der Waals surface area contributed by atoms with Crippen molar-refractivity contribution < 1.29 is 71.0 Å². The fourth-order valence-electron chi connectivity index (χ4n) is 1.81. The molecular formula is C23H22Co2O8Si. The predicted octanol–water partition coefficient (Wildman–Crippen LogP) is 4.06. The number of hydrogen-bond acceptors (Lipinski definition) is 2. The molecule has 0 heterocycles. The van der Waals surface area contributed by atoms with Crippen molar-refractivity contribution in [2.75, 3.05) is 6.61 Å². The van der Waals surface area contributed by atoms with E-state index in [1.165, 1.54) is 5.57 Å². The molecule has 1 rings (SSSR count). The summed E-state index contributed by atoms with van der Waals surface area (Å²) in [5, 5.41) is 0. The van der Waals surface area contributed by atoms with E-state index in [1.54, 1.807) is 12.1 Å². The second-order valence-electron chi connectivity index (χ2n) is 5.96. The number of carbonyl (C=O) groups is 1. The van der Waals surface area contributed by atoms with Crippen molar-refractivity contribution in [3.8, 4) is 0 Å². The Morgan fingerprint density at radius 3 is 1.56 bits per heavy atom. The van der Waals surface area contributed by atoms with Crippen molar-refractivity contribution in [1.29, 1.82) is 0 Å². The molecule has 8 nitrogen and oxygen atoms in total. The molecule has 4 radical (unpaired) electrons. The van der Waals surface area contributed by atoms with Crippen LogP contribution in [0.1, 0.15) is 16.8 Å². The first-order valence-corrected chi connectivity index (χ1v) is 11.7. The molecular weight excluding hydrogens is 550 g/mol. The normalized spacial score (nSPS) is 7.15. The second-order valence-corrected chi connectivity index (χ2v) is 11.4. The topological polar surface area (TPSA) is 146 Å². The van der Waals surface area contributed by atoms with Crippen LogP contribution in [-0.2, 0) is 66.2 Å². The Hall–Kier alpha value is -2.16. The van der Waals surface area contributed by atoms with Gasteiger partial charge in [0.05, 0.1) is 5.56 Å². The van der Waals surface area contributed by atoms with E-state index in [4.69, 9.17) is 32.6 Å². The zero-order valence-electron chi connectivity index (χ0n) is 18.6. The maximum Gasteiger partial charge on any atom is 0 e. The van der Waals surface area contributed by atoms with Crippen LogP contribution in [-0.4, -0.2) is 20.7 Å². The molecule has 0 spiro atoms. The number of carbonyl (C=O) groups excluding carboxylic acids is 1. The van der Waals surface area contributed by atoms with Gasteiger partial charge in [-0.2, -0.15) is 0 Å². The van der Waals surface area contributed by atoms with Crippen LogP contribution >= 0.6 is 0 Å². The van der Waals surface area contributed by atoms with Gasteiger partial charge in [-0.3, -0.25) is 0 Å². The molecule has 184 valence electrons. The molecule has 34 heavy (non-hydrogen) atoms. The smallest absolute Gasteiger partial charge is 0 e. The van der Waals surface area contributed by atoms with Crippen LogP contribution in [0.25, 0.3) is 0 Å². The number of hydrogen-bond donors (Lipinski definition) is 0. The number of benzene rings is 1. The minimum Gasteiger partial charge on any atom is 0 e. The standard InChI is InChI=1S/C17H22O2Si.6CO.2Co/c1-15(14-20(2,3)4)10-8-9-13-19-17(18)16-11-6-5-7-12-16;6*1-2;;/h5-7,11-12H,1,10,13-14H2,2-4H3;;;;;;;;. The summed E-state index contributed by atoms with van der Waals surface area (Å²) in [6.07, 6.45) is 6.56. The number of ether oxygens (including phenoxy) is 1. The molecule has 0 amide bonds. The van der Waals surface area contributed by atoms with Gasteiger partial charge in [0.1, 0.15) is 6.61 Å². The predicted molar refractivity (Wildman–Crippen MR) is 109 cm³/mol. The number of rotatable bonds is 7. The first kappa shape index (κ1) is 53.3. The molecule has 1 aromatic carbocycles. The Balaban J connectivity index is -0.0000000700. The van der Waals surface area contributed by atoms with E-state index in [9.17, 15) is 4.79 Å². The van der Waals surface area contributed by atoms with Gasteiger partial charge in [0.15, 0.2) is 0 Å². The zero-order chi connectivity index (χ0) is 27.0. The molecule has 11 heteroatoms. The van der Waals surface area contributed by atoms with Gasteiger partial charge in [-0.1, -0.05) is 50.0 Å². The van der Waals surface area contributed by atoms with E-state index in [0.717, 1.165) is 6.04 Å².